The summed E-state index contributed by atoms with van der Waals surface area (Å²) in [4.78, 5) is 48.4. The van der Waals surface area contributed by atoms with Crippen molar-refractivity contribution in [3.05, 3.63) is 125 Å². The van der Waals surface area contributed by atoms with Gasteiger partial charge in [0.15, 0.2) is 0 Å². The second-order valence-corrected chi connectivity index (χ2v) is 7.04. The zero-order valence-electron chi connectivity index (χ0n) is 16.6. The summed E-state index contributed by atoms with van der Waals surface area (Å²) in [7, 11) is 0. The van der Waals surface area contributed by atoms with Gasteiger partial charge in [-0.3, -0.25) is 29.8 Å². The maximum atomic E-state index is 13.3. The number of hydrogen-bond donors (Lipinski definition) is 0. The van der Waals surface area contributed by atoms with Crippen molar-refractivity contribution in [3.63, 3.8) is 0 Å². The van der Waals surface area contributed by atoms with Gasteiger partial charge in [0.05, 0.1) is 44.8 Å². The highest BCUT2D eigenvalue weighted by molar-refractivity contribution is 5.80. The van der Waals surface area contributed by atoms with Crippen molar-refractivity contribution in [3.8, 4) is 0 Å². The summed E-state index contributed by atoms with van der Waals surface area (Å²) in [6.45, 7) is -0.507. The van der Waals surface area contributed by atoms with Crippen molar-refractivity contribution in [2.45, 2.75) is 13.1 Å². The van der Waals surface area contributed by atoms with E-state index in [-0.39, 0.29) is 46.4 Å². The van der Waals surface area contributed by atoms with Crippen LogP contribution in [-0.2, 0) is 13.1 Å². The van der Waals surface area contributed by atoms with E-state index in [4.69, 9.17) is 0 Å². The standard InChI is InChI=1S/C22H16N4O6/c27-21-17-9-3-4-10-18(17)22(28)24(14-16-8-2-6-12-20(16)26(31)32)23(21)13-15-7-1-5-11-19(15)25(29)30/h1-12H,13-14H2. The number of nitro groups is 2. The number of nitro benzene ring substituents is 2. The Bertz CT molecular complexity index is 1380. The van der Waals surface area contributed by atoms with Crippen LogP contribution < -0.4 is 11.1 Å². The molecule has 4 aromatic rings. The SMILES string of the molecule is O=c1c2ccccc2c(=O)n(Cc2ccccc2[N+](=O)[O-])n1Cc1ccccc1[N+](=O)[O-]. The van der Waals surface area contributed by atoms with Gasteiger partial charge in [0, 0.05) is 12.1 Å². The molecule has 0 unspecified atom stereocenters. The smallest absolute Gasteiger partial charge is 0.267 e. The zero-order chi connectivity index (χ0) is 22.8. The van der Waals surface area contributed by atoms with E-state index < -0.39 is 21.0 Å². The lowest BCUT2D eigenvalue weighted by atomic mass is 10.1. The van der Waals surface area contributed by atoms with Gasteiger partial charge >= 0.3 is 0 Å². The van der Waals surface area contributed by atoms with Gasteiger partial charge in [-0.05, 0) is 12.1 Å². The second-order valence-electron chi connectivity index (χ2n) is 7.04. The van der Waals surface area contributed by atoms with E-state index in [2.05, 4.69) is 0 Å². The van der Waals surface area contributed by atoms with Crippen LogP contribution in [0.25, 0.3) is 10.8 Å². The predicted molar refractivity (Wildman–Crippen MR) is 117 cm³/mol. The molecule has 0 bridgehead atoms. The Morgan fingerprint density at radius 3 is 1.31 bits per heavy atom. The Morgan fingerprint density at radius 2 is 0.938 bits per heavy atom. The van der Waals surface area contributed by atoms with E-state index in [1.807, 2.05) is 0 Å². The molecule has 0 fully saturated rings. The Kier molecular flexibility index (Phi) is 5.34. The van der Waals surface area contributed by atoms with Crippen molar-refractivity contribution >= 4 is 22.1 Å². The number of fused-ring (bicyclic) bond motifs is 1. The first-order chi connectivity index (χ1) is 15.4. The Labute approximate surface area is 179 Å². The summed E-state index contributed by atoms with van der Waals surface area (Å²) >= 11 is 0. The third-order valence-corrected chi connectivity index (χ3v) is 5.17. The molecule has 0 aliphatic heterocycles. The average molecular weight is 432 g/mol. The molecular weight excluding hydrogens is 416 g/mol. The Hall–Kier alpha value is -4.60. The normalized spacial score (nSPS) is 10.9. The van der Waals surface area contributed by atoms with Crippen LogP contribution in [0.4, 0.5) is 11.4 Å². The van der Waals surface area contributed by atoms with E-state index >= 15 is 0 Å². The monoisotopic (exact) mass is 432 g/mol. The summed E-state index contributed by atoms with van der Waals surface area (Å²) in [6.07, 6.45) is 0. The van der Waals surface area contributed by atoms with Crippen LogP contribution in [0, 0.1) is 20.2 Å². The van der Waals surface area contributed by atoms with E-state index in [0.29, 0.717) is 0 Å². The molecule has 0 amide bonds. The van der Waals surface area contributed by atoms with E-state index in [1.165, 1.54) is 48.5 Å². The number of benzene rings is 3. The summed E-state index contributed by atoms with van der Waals surface area (Å²) in [5, 5.41) is 23.2. The van der Waals surface area contributed by atoms with Crippen molar-refractivity contribution in [1.82, 2.24) is 9.36 Å². The number of nitrogens with zero attached hydrogens (tertiary/aromatic N) is 4. The lowest BCUT2D eigenvalue weighted by Crippen LogP contribution is -2.39. The molecular formula is C22H16N4O6. The van der Waals surface area contributed by atoms with Gasteiger partial charge in [0.1, 0.15) is 0 Å². The van der Waals surface area contributed by atoms with Crippen LogP contribution in [0.5, 0.6) is 0 Å². The molecule has 160 valence electrons. The minimum atomic E-state index is -0.564. The van der Waals surface area contributed by atoms with Gasteiger partial charge in [0.2, 0.25) is 0 Å². The predicted octanol–water partition coefficient (Wildman–Crippen LogP) is 3.08. The third-order valence-electron chi connectivity index (χ3n) is 5.17. The molecule has 0 saturated heterocycles. The van der Waals surface area contributed by atoms with Gasteiger partial charge in [0.25, 0.3) is 22.5 Å². The Morgan fingerprint density at radius 1 is 0.594 bits per heavy atom. The van der Waals surface area contributed by atoms with Crippen LogP contribution in [0.15, 0.2) is 82.4 Å². The van der Waals surface area contributed by atoms with Gasteiger partial charge in [-0.2, -0.15) is 0 Å². The van der Waals surface area contributed by atoms with Crippen LogP contribution >= 0.6 is 0 Å². The molecule has 0 N–H and O–H groups in total. The molecule has 0 spiro atoms. The molecule has 3 aromatic carbocycles. The van der Waals surface area contributed by atoms with E-state index in [9.17, 15) is 29.8 Å². The van der Waals surface area contributed by atoms with Crippen molar-refractivity contribution < 1.29 is 9.85 Å². The maximum absolute atomic E-state index is 13.3. The average Bonchev–Trinajstić information content (AvgIpc) is 2.80. The highest BCUT2D eigenvalue weighted by Gasteiger charge is 2.20. The molecule has 0 aliphatic carbocycles. The van der Waals surface area contributed by atoms with Crippen molar-refractivity contribution in [2.24, 2.45) is 0 Å². The number of rotatable bonds is 6. The molecule has 0 aliphatic rings. The summed E-state index contributed by atoms with van der Waals surface area (Å²) in [5.41, 5.74) is -1.00. The first-order valence-corrected chi connectivity index (χ1v) is 9.55. The lowest BCUT2D eigenvalue weighted by Gasteiger charge is -2.17. The van der Waals surface area contributed by atoms with Crippen LogP contribution in [0.1, 0.15) is 11.1 Å². The summed E-state index contributed by atoms with van der Waals surface area (Å²) < 4.78 is 2.20. The second kappa shape index (κ2) is 8.26. The molecule has 10 nitrogen and oxygen atoms in total. The zero-order valence-corrected chi connectivity index (χ0v) is 16.6. The van der Waals surface area contributed by atoms with Crippen LogP contribution in [-0.4, -0.2) is 19.2 Å². The molecule has 1 aromatic heterocycles. The lowest BCUT2D eigenvalue weighted by molar-refractivity contribution is -0.385. The molecule has 32 heavy (non-hydrogen) atoms. The van der Waals surface area contributed by atoms with E-state index in [1.54, 1.807) is 24.3 Å². The van der Waals surface area contributed by atoms with Gasteiger partial charge in [-0.25, -0.2) is 9.36 Å². The van der Waals surface area contributed by atoms with Gasteiger partial charge < -0.3 is 0 Å². The fourth-order valence-corrected chi connectivity index (χ4v) is 3.64. The fourth-order valence-electron chi connectivity index (χ4n) is 3.64. The minimum Gasteiger partial charge on any atom is -0.267 e. The number of para-hydroxylation sites is 2. The molecule has 1 heterocycles. The molecule has 0 saturated carbocycles. The van der Waals surface area contributed by atoms with E-state index in [0.717, 1.165) is 9.36 Å². The topological polar surface area (TPSA) is 130 Å². The molecule has 0 atom stereocenters. The number of hydrogen-bond acceptors (Lipinski definition) is 6. The molecule has 4 rings (SSSR count). The van der Waals surface area contributed by atoms with Gasteiger partial charge in [-0.1, -0.05) is 48.5 Å². The number of aromatic nitrogens is 2. The van der Waals surface area contributed by atoms with Crippen LogP contribution in [0.2, 0.25) is 0 Å². The first-order valence-electron chi connectivity index (χ1n) is 9.55. The maximum Gasteiger partial charge on any atom is 0.274 e. The fraction of sp³-hybridized carbons (Fsp3) is 0.0909. The summed E-state index contributed by atoms with van der Waals surface area (Å²) in [6, 6.07) is 18.1. The molecule has 0 radical (unpaired) electrons. The highest BCUT2D eigenvalue weighted by atomic mass is 16.6. The minimum absolute atomic E-state index is 0.162. The third kappa shape index (κ3) is 3.65. The quantitative estimate of drug-likeness (QED) is 0.340. The molecule has 10 heteroatoms. The highest BCUT2D eigenvalue weighted by Crippen LogP contribution is 2.21. The van der Waals surface area contributed by atoms with Gasteiger partial charge in [-0.15, -0.1) is 0 Å². The van der Waals surface area contributed by atoms with Crippen LogP contribution in [0.3, 0.4) is 0 Å². The largest absolute Gasteiger partial charge is 0.274 e. The Balaban J connectivity index is 1.98. The summed E-state index contributed by atoms with van der Waals surface area (Å²) in [5.74, 6) is 0. The first kappa shape index (κ1) is 20.7. The van der Waals surface area contributed by atoms with Crippen molar-refractivity contribution in [1.29, 1.82) is 0 Å². The van der Waals surface area contributed by atoms with Crippen molar-refractivity contribution in [2.75, 3.05) is 0 Å².